The van der Waals surface area contributed by atoms with Crippen molar-refractivity contribution in [2.75, 3.05) is 6.61 Å². The Bertz CT molecular complexity index is 1150. The minimum Gasteiger partial charge on any atom is -0.461 e. The Morgan fingerprint density at radius 2 is 1.24 bits per heavy atom. The molecule has 0 aliphatic carbocycles. The molecule has 2 rings (SSSR count). The van der Waals surface area contributed by atoms with E-state index in [-0.39, 0.29) is 30.6 Å². The number of para-hydroxylation sites is 1. The topological polar surface area (TPSA) is 159 Å². The number of hydrogen-bond donors (Lipinski definition) is 1. The third-order valence-electron chi connectivity index (χ3n) is 5.60. The molecule has 0 radical (unpaired) electrons. The van der Waals surface area contributed by atoms with Crippen LogP contribution in [0, 0.1) is 0 Å². The highest BCUT2D eigenvalue weighted by molar-refractivity contribution is 5.76. The van der Waals surface area contributed by atoms with Crippen molar-refractivity contribution in [3.05, 3.63) is 54.1 Å². The van der Waals surface area contributed by atoms with Gasteiger partial charge in [-0.2, -0.15) is 0 Å². The number of benzene rings is 2. The summed E-state index contributed by atoms with van der Waals surface area (Å²) >= 11 is 0. The summed E-state index contributed by atoms with van der Waals surface area (Å²) < 4.78 is 36.0. The van der Waals surface area contributed by atoms with Crippen LogP contribution in [0.4, 0.5) is 14.4 Å². The van der Waals surface area contributed by atoms with Gasteiger partial charge in [-0.3, -0.25) is 4.79 Å². The summed E-state index contributed by atoms with van der Waals surface area (Å²) in [6.45, 7) is 8.35. The van der Waals surface area contributed by atoms with E-state index in [0.717, 1.165) is 0 Å². The van der Waals surface area contributed by atoms with Crippen molar-refractivity contribution in [1.82, 2.24) is 0 Å². The van der Waals surface area contributed by atoms with Crippen LogP contribution in [0.25, 0.3) is 0 Å². The van der Waals surface area contributed by atoms with Gasteiger partial charge in [0.15, 0.2) is 11.5 Å². The lowest BCUT2D eigenvalue weighted by molar-refractivity contribution is -0.148. The largest absolute Gasteiger partial charge is 0.514 e. The van der Waals surface area contributed by atoms with Crippen molar-refractivity contribution in [3.63, 3.8) is 0 Å². The molecule has 12 nitrogen and oxygen atoms in total. The first-order chi connectivity index (χ1) is 19.5. The number of ether oxygens (including phenoxy) is 7. The molecular weight excluding hydrogens is 538 g/mol. The number of nitrogens with two attached hydrogens (primary N) is 1. The molecule has 12 heteroatoms. The predicted octanol–water partition coefficient (Wildman–Crippen LogP) is 5.33. The van der Waals surface area contributed by atoms with Crippen molar-refractivity contribution < 1.29 is 52.3 Å². The van der Waals surface area contributed by atoms with E-state index in [9.17, 15) is 19.2 Å². The third-order valence-corrected chi connectivity index (χ3v) is 5.60. The molecule has 0 aliphatic heterocycles. The van der Waals surface area contributed by atoms with E-state index in [0.29, 0.717) is 24.2 Å². The van der Waals surface area contributed by atoms with E-state index in [4.69, 9.17) is 38.9 Å². The molecular formula is C29H37NO11. The van der Waals surface area contributed by atoms with E-state index in [1.807, 2.05) is 13.8 Å². The first kappa shape index (κ1) is 32.9. The Morgan fingerprint density at radius 3 is 1.83 bits per heavy atom. The highest BCUT2D eigenvalue weighted by Crippen LogP contribution is 2.30. The molecule has 4 atom stereocenters. The Balaban J connectivity index is 1.99. The molecule has 2 aromatic carbocycles. The van der Waals surface area contributed by atoms with Crippen LogP contribution >= 0.6 is 0 Å². The fraction of sp³-hybridized carbons (Fsp3) is 0.448. The lowest BCUT2D eigenvalue weighted by Gasteiger charge is -2.17. The molecule has 2 N–H and O–H groups in total. The van der Waals surface area contributed by atoms with Gasteiger partial charge in [0, 0.05) is 0 Å². The van der Waals surface area contributed by atoms with Crippen molar-refractivity contribution in [1.29, 1.82) is 0 Å². The Kier molecular flexibility index (Phi) is 13.4. The minimum atomic E-state index is -1.11. The zero-order chi connectivity index (χ0) is 30.4. The quantitative estimate of drug-likeness (QED) is 0.186. The van der Waals surface area contributed by atoms with E-state index in [1.165, 1.54) is 25.1 Å². The zero-order valence-electron chi connectivity index (χ0n) is 23.8. The van der Waals surface area contributed by atoms with Gasteiger partial charge in [-0.25, -0.2) is 14.4 Å². The molecule has 0 spiro atoms. The van der Waals surface area contributed by atoms with Gasteiger partial charge in [0.2, 0.25) is 0 Å². The Morgan fingerprint density at radius 1 is 0.707 bits per heavy atom. The molecule has 2 aromatic rings. The number of hydrogen-bond acceptors (Lipinski definition) is 12. The second-order valence-corrected chi connectivity index (χ2v) is 9.19. The van der Waals surface area contributed by atoms with Gasteiger partial charge >= 0.3 is 24.4 Å². The fourth-order valence-electron chi connectivity index (χ4n) is 3.02. The SMILES string of the molecule is CCC(C)OC(=O)Oc1ccc(C[C@H](N)C(=O)OC[C@H](C)OC(=O)Oc2ccccc2)cc1OC(=O)OC(C)CC. The van der Waals surface area contributed by atoms with Crippen molar-refractivity contribution >= 4 is 24.4 Å². The highest BCUT2D eigenvalue weighted by Gasteiger charge is 2.22. The molecule has 0 saturated carbocycles. The molecule has 0 bridgehead atoms. The monoisotopic (exact) mass is 575 g/mol. The third kappa shape index (κ3) is 12.2. The van der Waals surface area contributed by atoms with Gasteiger partial charge in [-0.05, 0) is 69.9 Å². The van der Waals surface area contributed by atoms with Crippen LogP contribution in [0.1, 0.15) is 53.0 Å². The summed E-state index contributed by atoms with van der Waals surface area (Å²) in [5.74, 6) is -0.666. The van der Waals surface area contributed by atoms with E-state index >= 15 is 0 Å². The Hall–Kier alpha value is -4.32. The van der Waals surface area contributed by atoms with Crippen LogP contribution < -0.4 is 19.9 Å². The van der Waals surface area contributed by atoms with Gasteiger partial charge in [-0.1, -0.05) is 38.1 Å². The van der Waals surface area contributed by atoms with Crippen LogP contribution in [-0.4, -0.2) is 55.4 Å². The second-order valence-electron chi connectivity index (χ2n) is 9.19. The maximum Gasteiger partial charge on any atom is 0.514 e. The highest BCUT2D eigenvalue weighted by atomic mass is 16.8. The van der Waals surface area contributed by atoms with Gasteiger partial charge < -0.3 is 38.9 Å². The van der Waals surface area contributed by atoms with Gasteiger partial charge in [0.25, 0.3) is 0 Å². The molecule has 0 amide bonds. The maximum absolute atomic E-state index is 12.5. The number of rotatable bonds is 13. The second kappa shape index (κ2) is 16.7. The van der Waals surface area contributed by atoms with E-state index in [1.54, 1.807) is 44.2 Å². The maximum atomic E-state index is 12.5. The van der Waals surface area contributed by atoms with Crippen LogP contribution in [0.15, 0.2) is 48.5 Å². The predicted molar refractivity (Wildman–Crippen MR) is 146 cm³/mol. The summed E-state index contributed by atoms with van der Waals surface area (Å²) in [6.07, 6.45) is -3.38. The van der Waals surface area contributed by atoms with Gasteiger partial charge in [0.05, 0.1) is 0 Å². The molecule has 0 fully saturated rings. The summed E-state index contributed by atoms with van der Waals surface area (Å²) in [5.41, 5.74) is 6.49. The minimum absolute atomic E-state index is 0.0154. The van der Waals surface area contributed by atoms with Crippen molar-refractivity contribution in [2.45, 2.75) is 78.2 Å². The van der Waals surface area contributed by atoms with Crippen molar-refractivity contribution in [2.24, 2.45) is 5.73 Å². The van der Waals surface area contributed by atoms with E-state index in [2.05, 4.69) is 0 Å². The molecule has 0 heterocycles. The number of carbonyl (C=O) groups excluding carboxylic acids is 4. The summed E-state index contributed by atoms with van der Waals surface area (Å²) in [7, 11) is 0. The smallest absolute Gasteiger partial charge is 0.461 e. The van der Waals surface area contributed by atoms with Crippen LogP contribution in [0.3, 0.4) is 0 Å². The number of carbonyl (C=O) groups is 4. The molecule has 41 heavy (non-hydrogen) atoms. The summed E-state index contributed by atoms with van der Waals surface area (Å²) in [4.78, 5) is 48.8. The first-order valence-corrected chi connectivity index (χ1v) is 13.3. The van der Waals surface area contributed by atoms with Crippen LogP contribution in [0.2, 0.25) is 0 Å². The van der Waals surface area contributed by atoms with E-state index < -0.39 is 42.7 Å². The summed E-state index contributed by atoms with van der Waals surface area (Å²) in [5, 5.41) is 0. The van der Waals surface area contributed by atoms with Gasteiger partial charge in [-0.15, -0.1) is 0 Å². The lowest BCUT2D eigenvalue weighted by atomic mass is 10.1. The molecule has 2 unspecified atom stereocenters. The standard InChI is InChI=1S/C29H37NO11/c1-6-18(3)36-28(33)40-24-14-13-21(16-25(24)41-29(34)37-19(4)7-2)15-23(30)26(31)35-17-20(5)38-27(32)39-22-11-9-8-10-12-22/h8-14,16,18-20,23H,6-7,15,17,30H2,1-5H3/t18?,19?,20-,23-/m0/s1. The first-order valence-electron chi connectivity index (χ1n) is 13.3. The lowest BCUT2D eigenvalue weighted by Crippen LogP contribution is -2.36. The fourth-order valence-corrected chi connectivity index (χ4v) is 3.02. The zero-order valence-corrected chi connectivity index (χ0v) is 23.8. The van der Waals surface area contributed by atoms with Crippen LogP contribution in [0.5, 0.6) is 17.2 Å². The van der Waals surface area contributed by atoms with Gasteiger partial charge in [0.1, 0.15) is 36.7 Å². The van der Waals surface area contributed by atoms with Crippen LogP contribution in [-0.2, 0) is 30.2 Å². The normalized spacial score (nSPS) is 13.5. The number of esters is 1. The molecule has 0 aliphatic rings. The average Bonchev–Trinajstić information content (AvgIpc) is 2.93. The summed E-state index contributed by atoms with van der Waals surface area (Å²) in [6, 6.07) is 11.6. The molecule has 0 saturated heterocycles. The average molecular weight is 576 g/mol. The van der Waals surface area contributed by atoms with Crippen molar-refractivity contribution in [3.8, 4) is 17.2 Å². The molecule has 224 valence electrons. The molecule has 0 aromatic heterocycles. The Labute approximate surface area is 238 Å².